The van der Waals surface area contributed by atoms with E-state index in [4.69, 9.17) is 9.47 Å². The molecule has 2 rings (SSSR count). The van der Waals surface area contributed by atoms with Gasteiger partial charge in [0, 0.05) is 19.2 Å². The number of hydrogen-bond acceptors (Lipinski definition) is 4. The number of rotatable bonds is 5. The zero-order valence-electron chi connectivity index (χ0n) is 13.4. The number of benzene rings is 1. The Morgan fingerprint density at radius 1 is 1.19 bits per heavy atom. The number of ketones is 1. The largest absolute Gasteiger partial charge is 0.497 e. The Morgan fingerprint density at radius 3 is 2.43 bits per heavy atom. The summed E-state index contributed by atoms with van der Waals surface area (Å²) in [4.78, 5) is 14.8. The standard InChI is InChI=1S/C17H25NO3/c1-12-7-13(2)10-18(9-12)11-16(19)15-6-5-14(20-3)8-17(15)21-4/h5-6,8,12-13H,7,9-11H2,1-4H3. The van der Waals surface area contributed by atoms with E-state index in [1.807, 2.05) is 0 Å². The molecule has 1 fully saturated rings. The lowest BCUT2D eigenvalue weighted by atomic mass is 9.91. The van der Waals surface area contributed by atoms with Gasteiger partial charge in [-0.05, 0) is 30.4 Å². The fourth-order valence-corrected chi connectivity index (χ4v) is 3.24. The molecule has 0 aliphatic carbocycles. The summed E-state index contributed by atoms with van der Waals surface area (Å²) in [5.41, 5.74) is 0.629. The normalized spacial score (nSPS) is 22.9. The molecular formula is C17H25NO3. The van der Waals surface area contributed by atoms with E-state index in [0.717, 1.165) is 13.1 Å². The summed E-state index contributed by atoms with van der Waals surface area (Å²) < 4.78 is 10.5. The van der Waals surface area contributed by atoms with Gasteiger partial charge >= 0.3 is 0 Å². The van der Waals surface area contributed by atoms with Gasteiger partial charge in [-0.2, -0.15) is 0 Å². The molecule has 1 heterocycles. The van der Waals surface area contributed by atoms with Gasteiger partial charge in [-0.25, -0.2) is 0 Å². The van der Waals surface area contributed by atoms with Crippen molar-refractivity contribution >= 4 is 5.78 Å². The highest BCUT2D eigenvalue weighted by atomic mass is 16.5. The fourth-order valence-electron chi connectivity index (χ4n) is 3.24. The molecule has 0 radical (unpaired) electrons. The first-order chi connectivity index (χ1) is 10.0. The Hall–Kier alpha value is -1.55. The molecule has 1 aliphatic heterocycles. The lowest BCUT2D eigenvalue weighted by molar-refractivity contribution is 0.0846. The predicted molar refractivity (Wildman–Crippen MR) is 83.3 cm³/mol. The Kier molecular flexibility index (Phi) is 5.23. The molecule has 0 spiro atoms. The monoisotopic (exact) mass is 291 g/mol. The summed E-state index contributed by atoms with van der Waals surface area (Å²) in [5, 5.41) is 0. The van der Waals surface area contributed by atoms with Crippen molar-refractivity contribution in [3.8, 4) is 11.5 Å². The first-order valence-electron chi connectivity index (χ1n) is 7.51. The maximum atomic E-state index is 12.5. The van der Waals surface area contributed by atoms with Crippen LogP contribution in [0.4, 0.5) is 0 Å². The van der Waals surface area contributed by atoms with Gasteiger partial charge in [-0.15, -0.1) is 0 Å². The topological polar surface area (TPSA) is 38.8 Å². The SMILES string of the molecule is COc1ccc(C(=O)CN2CC(C)CC(C)C2)c(OC)c1. The smallest absolute Gasteiger partial charge is 0.180 e. The van der Waals surface area contributed by atoms with E-state index in [2.05, 4.69) is 18.7 Å². The van der Waals surface area contributed by atoms with Gasteiger partial charge < -0.3 is 9.47 Å². The molecule has 4 nitrogen and oxygen atoms in total. The predicted octanol–water partition coefficient (Wildman–Crippen LogP) is 2.86. The van der Waals surface area contributed by atoms with Crippen molar-refractivity contribution in [2.75, 3.05) is 33.9 Å². The summed E-state index contributed by atoms with van der Waals surface area (Å²) >= 11 is 0. The average Bonchev–Trinajstić information content (AvgIpc) is 2.45. The molecule has 1 aromatic rings. The second-order valence-corrected chi connectivity index (χ2v) is 6.13. The summed E-state index contributed by atoms with van der Waals surface area (Å²) in [6.45, 7) is 6.95. The molecule has 1 aromatic carbocycles. The van der Waals surface area contributed by atoms with Crippen molar-refractivity contribution in [2.45, 2.75) is 20.3 Å². The van der Waals surface area contributed by atoms with Crippen LogP contribution in [0.15, 0.2) is 18.2 Å². The molecular weight excluding hydrogens is 266 g/mol. The van der Waals surface area contributed by atoms with Crippen molar-refractivity contribution in [3.63, 3.8) is 0 Å². The van der Waals surface area contributed by atoms with Crippen molar-refractivity contribution in [3.05, 3.63) is 23.8 Å². The zero-order chi connectivity index (χ0) is 15.4. The van der Waals surface area contributed by atoms with Crippen LogP contribution in [0.3, 0.4) is 0 Å². The molecule has 1 aliphatic rings. The molecule has 0 N–H and O–H groups in total. The number of carbonyl (C=O) groups is 1. The van der Waals surface area contributed by atoms with Crippen LogP contribution in [0.5, 0.6) is 11.5 Å². The van der Waals surface area contributed by atoms with Gasteiger partial charge in [0.25, 0.3) is 0 Å². The number of ether oxygens (including phenoxy) is 2. The van der Waals surface area contributed by atoms with Crippen LogP contribution < -0.4 is 9.47 Å². The fraction of sp³-hybridized carbons (Fsp3) is 0.588. The quantitative estimate of drug-likeness (QED) is 0.782. The minimum Gasteiger partial charge on any atom is -0.497 e. The minimum absolute atomic E-state index is 0.107. The first-order valence-corrected chi connectivity index (χ1v) is 7.51. The van der Waals surface area contributed by atoms with Crippen molar-refractivity contribution in [1.82, 2.24) is 4.90 Å². The van der Waals surface area contributed by atoms with E-state index in [-0.39, 0.29) is 5.78 Å². The van der Waals surface area contributed by atoms with Crippen LogP contribution >= 0.6 is 0 Å². The first kappa shape index (κ1) is 15.8. The molecule has 4 heteroatoms. The Labute approximate surface area is 127 Å². The maximum absolute atomic E-state index is 12.5. The second kappa shape index (κ2) is 6.94. The van der Waals surface area contributed by atoms with Crippen LogP contribution in [0.2, 0.25) is 0 Å². The van der Waals surface area contributed by atoms with E-state index < -0.39 is 0 Å². The molecule has 0 aromatic heterocycles. The molecule has 116 valence electrons. The third-order valence-corrected chi connectivity index (χ3v) is 4.02. The highest BCUT2D eigenvalue weighted by molar-refractivity contribution is 6.00. The minimum atomic E-state index is 0.107. The number of piperidine rings is 1. The Bertz CT molecular complexity index is 491. The molecule has 2 atom stereocenters. The number of nitrogens with zero attached hydrogens (tertiary/aromatic N) is 1. The molecule has 21 heavy (non-hydrogen) atoms. The van der Waals surface area contributed by atoms with E-state index in [9.17, 15) is 4.79 Å². The average molecular weight is 291 g/mol. The third-order valence-electron chi connectivity index (χ3n) is 4.02. The number of hydrogen-bond donors (Lipinski definition) is 0. The highest BCUT2D eigenvalue weighted by Crippen LogP contribution is 2.26. The van der Waals surface area contributed by atoms with Gasteiger partial charge in [0.2, 0.25) is 0 Å². The lowest BCUT2D eigenvalue weighted by Gasteiger charge is -2.34. The van der Waals surface area contributed by atoms with Gasteiger partial charge in [0.05, 0.1) is 26.3 Å². The van der Waals surface area contributed by atoms with Gasteiger partial charge in [-0.3, -0.25) is 9.69 Å². The summed E-state index contributed by atoms with van der Waals surface area (Å²) in [6.07, 6.45) is 1.25. The number of Topliss-reactive ketones (excluding diaryl/α,β-unsaturated/α-hetero) is 1. The molecule has 0 amide bonds. The lowest BCUT2D eigenvalue weighted by Crippen LogP contribution is -2.41. The van der Waals surface area contributed by atoms with Crippen LogP contribution in [0, 0.1) is 11.8 Å². The number of carbonyl (C=O) groups excluding carboxylic acids is 1. The van der Waals surface area contributed by atoms with Crippen LogP contribution in [0.1, 0.15) is 30.6 Å². The summed E-state index contributed by atoms with van der Waals surface area (Å²) in [6, 6.07) is 5.35. The number of methoxy groups -OCH3 is 2. The summed E-state index contributed by atoms with van der Waals surface area (Å²) in [7, 11) is 3.18. The van der Waals surface area contributed by atoms with Crippen molar-refractivity contribution < 1.29 is 14.3 Å². The molecule has 0 saturated carbocycles. The van der Waals surface area contributed by atoms with Crippen molar-refractivity contribution in [1.29, 1.82) is 0 Å². The molecule has 2 unspecified atom stereocenters. The second-order valence-electron chi connectivity index (χ2n) is 6.13. The van der Waals surface area contributed by atoms with Gasteiger partial charge in [0.1, 0.15) is 11.5 Å². The van der Waals surface area contributed by atoms with E-state index in [1.165, 1.54) is 6.42 Å². The summed E-state index contributed by atoms with van der Waals surface area (Å²) in [5.74, 6) is 2.69. The van der Waals surface area contributed by atoms with Gasteiger partial charge in [0.15, 0.2) is 5.78 Å². The Morgan fingerprint density at radius 2 is 1.86 bits per heavy atom. The Balaban J connectivity index is 2.09. The van der Waals surface area contributed by atoms with Crippen LogP contribution in [0.25, 0.3) is 0 Å². The van der Waals surface area contributed by atoms with Gasteiger partial charge in [-0.1, -0.05) is 13.8 Å². The highest BCUT2D eigenvalue weighted by Gasteiger charge is 2.24. The number of likely N-dealkylation sites (tertiary alicyclic amines) is 1. The van der Waals surface area contributed by atoms with Crippen LogP contribution in [-0.4, -0.2) is 44.5 Å². The van der Waals surface area contributed by atoms with Crippen LogP contribution in [-0.2, 0) is 0 Å². The molecule has 1 saturated heterocycles. The van der Waals surface area contributed by atoms with Crippen molar-refractivity contribution in [2.24, 2.45) is 11.8 Å². The maximum Gasteiger partial charge on any atom is 0.180 e. The zero-order valence-corrected chi connectivity index (χ0v) is 13.4. The third kappa shape index (κ3) is 3.97. The molecule has 0 bridgehead atoms. The van der Waals surface area contributed by atoms with E-state index >= 15 is 0 Å². The van der Waals surface area contributed by atoms with E-state index in [1.54, 1.807) is 32.4 Å². The van der Waals surface area contributed by atoms with E-state index in [0.29, 0.717) is 35.4 Å².